The largest absolute Gasteiger partial charge is 0.309 e. The van der Waals surface area contributed by atoms with E-state index < -0.39 is 0 Å². The van der Waals surface area contributed by atoms with E-state index in [9.17, 15) is 0 Å². The highest BCUT2D eigenvalue weighted by atomic mass is 15.0. The minimum Gasteiger partial charge on any atom is -0.309 e. The number of hydrogen-bond acceptors (Lipinski definition) is 0. The second-order valence-corrected chi connectivity index (χ2v) is 16.1. The Balaban J connectivity index is 0.970. The molecule has 2 heteroatoms. The monoisotopic (exact) mass is 788 g/mol. The van der Waals surface area contributed by atoms with Gasteiger partial charge in [0.1, 0.15) is 0 Å². The Morgan fingerprint density at radius 3 is 1.34 bits per heavy atom. The first-order valence-corrected chi connectivity index (χ1v) is 21.3. The number of hydrogen-bond donors (Lipinski definition) is 0. The van der Waals surface area contributed by atoms with E-state index in [1.807, 2.05) is 0 Å². The van der Waals surface area contributed by atoms with Crippen molar-refractivity contribution in [1.29, 1.82) is 0 Å². The lowest BCUT2D eigenvalue weighted by Crippen LogP contribution is -1.98. The van der Waals surface area contributed by atoms with Crippen LogP contribution in [0, 0.1) is 0 Å². The summed E-state index contributed by atoms with van der Waals surface area (Å²) < 4.78 is 4.86. The highest BCUT2D eigenvalue weighted by Gasteiger charge is 2.19. The second kappa shape index (κ2) is 14.8. The number of rotatable bonds is 7. The van der Waals surface area contributed by atoms with Crippen LogP contribution in [0.5, 0.6) is 0 Å². The van der Waals surface area contributed by atoms with Gasteiger partial charge in [-0.15, -0.1) is 0 Å². The number of nitrogens with zero attached hydrogens (tertiary/aromatic N) is 2. The zero-order valence-electron chi connectivity index (χ0n) is 34.0. The summed E-state index contributed by atoms with van der Waals surface area (Å²) >= 11 is 0. The molecule has 0 amide bonds. The Morgan fingerprint density at radius 2 is 0.677 bits per heavy atom. The summed E-state index contributed by atoms with van der Waals surface area (Å²) in [6, 6.07) is 88.3. The van der Waals surface area contributed by atoms with Crippen LogP contribution >= 0.6 is 0 Å². The Hall–Kier alpha value is -8.20. The van der Waals surface area contributed by atoms with Crippen LogP contribution < -0.4 is 0 Å². The van der Waals surface area contributed by atoms with E-state index in [0.29, 0.717) is 0 Å². The van der Waals surface area contributed by atoms with Gasteiger partial charge in [-0.3, -0.25) is 0 Å². The van der Waals surface area contributed by atoms with Crippen molar-refractivity contribution in [1.82, 2.24) is 9.13 Å². The lowest BCUT2D eigenvalue weighted by atomic mass is 9.96. The minimum absolute atomic E-state index is 1.16. The molecule has 0 saturated heterocycles. The van der Waals surface area contributed by atoms with Crippen LogP contribution in [0.25, 0.3) is 111 Å². The van der Waals surface area contributed by atoms with Crippen LogP contribution in [-0.4, -0.2) is 9.13 Å². The molecule has 0 atom stereocenters. The smallest absolute Gasteiger partial charge is 0.0547 e. The van der Waals surface area contributed by atoms with Crippen LogP contribution in [0.4, 0.5) is 0 Å². The Kier molecular flexibility index (Phi) is 8.53. The van der Waals surface area contributed by atoms with Crippen molar-refractivity contribution in [3.05, 3.63) is 243 Å². The third-order valence-corrected chi connectivity index (χ3v) is 12.5. The molecule has 0 aliphatic heterocycles. The molecule has 0 aliphatic rings. The molecule has 0 unspecified atom stereocenters. The van der Waals surface area contributed by atoms with Crippen LogP contribution in [0.3, 0.4) is 0 Å². The van der Waals surface area contributed by atoms with E-state index in [-0.39, 0.29) is 0 Å². The summed E-state index contributed by atoms with van der Waals surface area (Å²) in [4.78, 5) is 0. The maximum atomic E-state index is 2.46. The minimum atomic E-state index is 1.16. The zero-order chi connectivity index (χ0) is 41.0. The molecule has 2 aromatic heterocycles. The van der Waals surface area contributed by atoms with Crippen LogP contribution in [0.15, 0.2) is 243 Å². The van der Waals surface area contributed by atoms with Crippen molar-refractivity contribution in [3.8, 4) is 67.0 Å². The van der Waals surface area contributed by atoms with Gasteiger partial charge in [-0.1, -0.05) is 188 Å². The number of benzene rings is 10. The molecule has 290 valence electrons. The fourth-order valence-electron chi connectivity index (χ4n) is 9.62. The molecule has 12 aromatic rings. The topological polar surface area (TPSA) is 9.86 Å². The van der Waals surface area contributed by atoms with Gasteiger partial charge in [0.15, 0.2) is 0 Å². The predicted molar refractivity (Wildman–Crippen MR) is 262 cm³/mol. The van der Waals surface area contributed by atoms with Gasteiger partial charge in [0.25, 0.3) is 0 Å². The van der Waals surface area contributed by atoms with E-state index >= 15 is 0 Å². The van der Waals surface area contributed by atoms with E-state index in [4.69, 9.17) is 0 Å². The zero-order valence-corrected chi connectivity index (χ0v) is 34.0. The molecule has 0 fully saturated rings. The van der Waals surface area contributed by atoms with E-state index in [2.05, 4.69) is 252 Å². The molecule has 62 heavy (non-hydrogen) atoms. The molecule has 0 bridgehead atoms. The van der Waals surface area contributed by atoms with Crippen molar-refractivity contribution in [2.45, 2.75) is 0 Å². The molecular formula is C60H40N2. The van der Waals surface area contributed by atoms with Crippen LogP contribution in [0.2, 0.25) is 0 Å². The lowest BCUT2D eigenvalue weighted by Gasteiger charge is -2.16. The van der Waals surface area contributed by atoms with Gasteiger partial charge in [-0.05, 0) is 105 Å². The Bertz CT molecular complexity index is 3580. The molecule has 0 saturated carbocycles. The third-order valence-electron chi connectivity index (χ3n) is 12.5. The molecule has 10 aromatic carbocycles. The third kappa shape index (κ3) is 5.96. The van der Waals surface area contributed by atoms with Crippen LogP contribution in [-0.2, 0) is 0 Å². The van der Waals surface area contributed by atoms with E-state index in [1.165, 1.54) is 105 Å². The Morgan fingerprint density at radius 1 is 0.226 bits per heavy atom. The maximum absolute atomic E-state index is 2.46. The summed E-state index contributed by atoms with van der Waals surface area (Å²) in [7, 11) is 0. The normalized spacial score (nSPS) is 11.5. The van der Waals surface area contributed by atoms with E-state index in [0.717, 1.165) is 5.69 Å². The van der Waals surface area contributed by atoms with Gasteiger partial charge in [0.05, 0.1) is 27.8 Å². The SMILES string of the molecule is c1ccc(-c2ccc(-c3ccccc3)c(-n3c4ccccc4c4cc(-c5ccc(-c6ccc7c(c6)c6c(-c8ccccc8)cccc6n7-c6ccccc6)cc5)ccc43)c2)cc1. The molecule has 2 heterocycles. The fourth-order valence-corrected chi connectivity index (χ4v) is 9.62. The molecular weight excluding hydrogens is 749 g/mol. The molecule has 0 N–H and O–H groups in total. The van der Waals surface area contributed by atoms with Crippen LogP contribution in [0.1, 0.15) is 0 Å². The summed E-state index contributed by atoms with van der Waals surface area (Å²) in [5.74, 6) is 0. The summed E-state index contributed by atoms with van der Waals surface area (Å²) in [5, 5.41) is 4.99. The van der Waals surface area contributed by atoms with Gasteiger partial charge < -0.3 is 9.13 Å². The molecule has 2 nitrogen and oxygen atoms in total. The number of aromatic nitrogens is 2. The Labute approximate surface area is 360 Å². The van der Waals surface area contributed by atoms with E-state index in [1.54, 1.807) is 0 Å². The highest BCUT2D eigenvalue weighted by Crippen LogP contribution is 2.42. The first kappa shape index (κ1) is 35.7. The summed E-state index contributed by atoms with van der Waals surface area (Å²) in [5.41, 5.74) is 19.1. The summed E-state index contributed by atoms with van der Waals surface area (Å²) in [6.45, 7) is 0. The fraction of sp³-hybridized carbons (Fsp3) is 0. The average molecular weight is 789 g/mol. The van der Waals surface area contributed by atoms with Gasteiger partial charge in [0.2, 0.25) is 0 Å². The maximum Gasteiger partial charge on any atom is 0.0547 e. The molecule has 0 spiro atoms. The van der Waals surface area contributed by atoms with Crippen molar-refractivity contribution in [2.24, 2.45) is 0 Å². The van der Waals surface area contributed by atoms with Gasteiger partial charge in [-0.25, -0.2) is 0 Å². The predicted octanol–water partition coefficient (Wildman–Crippen LogP) is 16.2. The molecule has 12 rings (SSSR count). The van der Waals surface area contributed by atoms with Crippen molar-refractivity contribution < 1.29 is 0 Å². The van der Waals surface area contributed by atoms with Crippen molar-refractivity contribution in [2.75, 3.05) is 0 Å². The first-order chi connectivity index (χ1) is 30.8. The number of fused-ring (bicyclic) bond motifs is 6. The van der Waals surface area contributed by atoms with Gasteiger partial charge >= 0.3 is 0 Å². The van der Waals surface area contributed by atoms with Gasteiger partial charge in [0, 0.05) is 32.8 Å². The van der Waals surface area contributed by atoms with Gasteiger partial charge in [-0.2, -0.15) is 0 Å². The molecule has 0 aliphatic carbocycles. The quantitative estimate of drug-likeness (QED) is 0.152. The highest BCUT2D eigenvalue weighted by molar-refractivity contribution is 6.17. The average Bonchev–Trinajstić information content (AvgIpc) is 3.87. The standard InChI is InChI=1S/C60H40N2/c1-5-16-41(17-6-1)48-32-35-50(44-18-7-2-8-19-44)59(40-48)62-55-26-14-13-24-52(55)53-38-46(33-36-56(53)62)42-28-30-43(31-29-42)47-34-37-57-54(39-47)60-51(45-20-9-3-10-21-45)25-15-27-58(60)61(57)49-22-11-4-12-23-49/h1-40H. The number of para-hydroxylation sites is 2. The van der Waals surface area contributed by atoms with Crippen molar-refractivity contribution >= 4 is 43.6 Å². The summed E-state index contributed by atoms with van der Waals surface area (Å²) in [6.07, 6.45) is 0. The first-order valence-electron chi connectivity index (χ1n) is 21.3. The van der Waals surface area contributed by atoms with Crippen molar-refractivity contribution in [3.63, 3.8) is 0 Å². The lowest BCUT2D eigenvalue weighted by molar-refractivity contribution is 1.18. The second-order valence-electron chi connectivity index (χ2n) is 16.1. The molecule has 0 radical (unpaired) electrons.